The monoisotopic (exact) mass is 234 g/mol. The number of likely N-dealkylation sites (tertiary alicyclic amines) is 1. The fourth-order valence-corrected chi connectivity index (χ4v) is 1.88. The minimum atomic E-state index is 0.0125. The predicted molar refractivity (Wildman–Crippen MR) is 65.8 cm³/mol. The molecule has 1 fully saturated rings. The molecule has 0 radical (unpaired) electrons. The van der Waals surface area contributed by atoms with Crippen molar-refractivity contribution < 1.29 is 9.53 Å². The topological polar surface area (TPSA) is 55.6 Å². The fourth-order valence-electron chi connectivity index (χ4n) is 1.88. The van der Waals surface area contributed by atoms with Crippen LogP contribution < -0.4 is 10.5 Å². The highest BCUT2D eigenvalue weighted by Crippen LogP contribution is 2.12. The van der Waals surface area contributed by atoms with Crippen LogP contribution in [0.15, 0.2) is 24.3 Å². The molecular formula is C13H18N2O2. The molecular weight excluding hydrogens is 216 g/mol. The van der Waals surface area contributed by atoms with Gasteiger partial charge in [0.05, 0.1) is 0 Å². The lowest BCUT2D eigenvalue weighted by Crippen LogP contribution is -2.35. The van der Waals surface area contributed by atoms with Gasteiger partial charge in [-0.3, -0.25) is 4.79 Å². The van der Waals surface area contributed by atoms with E-state index in [1.54, 1.807) is 4.90 Å². The highest BCUT2D eigenvalue weighted by molar-refractivity contribution is 5.78. The van der Waals surface area contributed by atoms with Crippen molar-refractivity contribution in [1.29, 1.82) is 0 Å². The van der Waals surface area contributed by atoms with Crippen LogP contribution in [0.4, 0.5) is 0 Å². The normalized spacial score (nSPS) is 19.4. The van der Waals surface area contributed by atoms with E-state index >= 15 is 0 Å². The second-order valence-electron chi connectivity index (χ2n) is 4.49. The van der Waals surface area contributed by atoms with Gasteiger partial charge in [0, 0.05) is 19.1 Å². The third kappa shape index (κ3) is 3.20. The summed E-state index contributed by atoms with van der Waals surface area (Å²) in [5.41, 5.74) is 6.93. The summed E-state index contributed by atoms with van der Waals surface area (Å²) in [5.74, 6) is 0.742. The molecule has 92 valence electrons. The number of hydrogen-bond acceptors (Lipinski definition) is 3. The van der Waals surface area contributed by atoms with Gasteiger partial charge < -0.3 is 15.4 Å². The lowest BCUT2D eigenvalue weighted by molar-refractivity contribution is -0.132. The Morgan fingerprint density at radius 3 is 2.76 bits per heavy atom. The number of ether oxygens (including phenoxy) is 1. The maximum Gasteiger partial charge on any atom is 0.260 e. The molecule has 1 heterocycles. The molecule has 4 nitrogen and oxygen atoms in total. The van der Waals surface area contributed by atoms with Gasteiger partial charge in [-0.2, -0.15) is 0 Å². The molecule has 0 bridgehead atoms. The molecule has 0 spiro atoms. The van der Waals surface area contributed by atoms with Crippen LogP contribution in [0.1, 0.15) is 12.0 Å². The SMILES string of the molecule is Cc1ccc(OCC(=O)N2CC[C@@H](N)C2)cc1. The van der Waals surface area contributed by atoms with E-state index in [9.17, 15) is 4.79 Å². The van der Waals surface area contributed by atoms with Crippen LogP contribution in [-0.4, -0.2) is 36.5 Å². The van der Waals surface area contributed by atoms with E-state index in [0.717, 1.165) is 18.7 Å². The first-order chi connectivity index (χ1) is 8.15. The van der Waals surface area contributed by atoms with Crippen molar-refractivity contribution in [2.24, 2.45) is 5.73 Å². The molecule has 1 atom stereocenters. The summed E-state index contributed by atoms with van der Waals surface area (Å²) < 4.78 is 5.44. The summed E-state index contributed by atoms with van der Waals surface area (Å²) in [7, 11) is 0. The van der Waals surface area contributed by atoms with Crippen LogP contribution in [0, 0.1) is 6.92 Å². The third-order valence-electron chi connectivity index (χ3n) is 2.96. The first-order valence-electron chi connectivity index (χ1n) is 5.88. The van der Waals surface area contributed by atoms with Crippen molar-refractivity contribution in [3.63, 3.8) is 0 Å². The van der Waals surface area contributed by atoms with Crippen molar-refractivity contribution in [2.75, 3.05) is 19.7 Å². The average molecular weight is 234 g/mol. The maximum atomic E-state index is 11.8. The van der Waals surface area contributed by atoms with Crippen molar-refractivity contribution >= 4 is 5.91 Å². The minimum absolute atomic E-state index is 0.0125. The molecule has 0 aromatic heterocycles. The Labute approximate surface area is 101 Å². The molecule has 0 saturated carbocycles. The van der Waals surface area contributed by atoms with Crippen molar-refractivity contribution in [3.8, 4) is 5.75 Å². The van der Waals surface area contributed by atoms with E-state index in [2.05, 4.69) is 0 Å². The van der Waals surface area contributed by atoms with E-state index in [0.29, 0.717) is 6.54 Å². The Morgan fingerprint density at radius 2 is 2.18 bits per heavy atom. The zero-order valence-corrected chi connectivity index (χ0v) is 10.1. The molecule has 17 heavy (non-hydrogen) atoms. The summed E-state index contributed by atoms with van der Waals surface area (Å²) in [6.45, 7) is 3.50. The Hall–Kier alpha value is -1.55. The summed E-state index contributed by atoms with van der Waals surface area (Å²) in [6, 6.07) is 7.80. The van der Waals surface area contributed by atoms with Gasteiger partial charge in [-0.1, -0.05) is 17.7 Å². The lowest BCUT2D eigenvalue weighted by Gasteiger charge is -2.16. The highest BCUT2D eigenvalue weighted by atomic mass is 16.5. The minimum Gasteiger partial charge on any atom is -0.484 e. The number of benzene rings is 1. The predicted octanol–water partition coefficient (Wildman–Crippen LogP) is 0.933. The van der Waals surface area contributed by atoms with E-state index in [1.807, 2.05) is 31.2 Å². The average Bonchev–Trinajstić information content (AvgIpc) is 2.75. The molecule has 2 rings (SSSR count). The number of hydrogen-bond donors (Lipinski definition) is 1. The van der Waals surface area contributed by atoms with Gasteiger partial charge in [-0.25, -0.2) is 0 Å². The Balaban J connectivity index is 1.82. The number of nitrogens with two attached hydrogens (primary N) is 1. The Morgan fingerprint density at radius 1 is 1.47 bits per heavy atom. The molecule has 1 aromatic carbocycles. The summed E-state index contributed by atoms with van der Waals surface area (Å²) >= 11 is 0. The molecule has 1 aliphatic heterocycles. The van der Waals surface area contributed by atoms with Crippen LogP contribution in [-0.2, 0) is 4.79 Å². The zero-order valence-electron chi connectivity index (χ0n) is 10.1. The number of rotatable bonds is 3. The standard InChI is InChI=1S/C13H18N2O2/c1-10-2-4-12(5-3-10)17-9-13(16)15-7-6-11(14)8-15/h2-5,11H,6-9,14H2,1H3/t11-/m1/s1. The van der Waals surface area contributed by atoms with Crippen LogP contribution in [0.25, 0.3) is 0 Å². The fraction of sp³-hybridized carbons (Fsp3) is 0.462. The van der Waals surface area contributed by atoms with Gasteiger partial charge >= 0.3 is 0 Å². The van der Waals surface area contributed by atoms with Crippen molar-refractivity contribution in [3.05, 3.63) is 29.8 Å². The highest BCUT2D eigenvalue weighted by Gasteiger charge is 2.23. The molecule has 1 aromatic rings. The number of amides is 1. The van der Waals surface area contributed by atoms with Gasteiger partial charge in [0.1, 0.15) is 5.75 Å². The van der Waals surface area contributed by atoms with Crippen molar-refractivity contribution in [2.45, 2.75) is 19.4 Å². The van der Waals surface area contributed by atoms with E-state index in [1.165, 1.54) is 5.56 Å². The molecule has 1 amide bonds. The molecule has 2 N–H and O–H groups in total. The lowest BCUT2D eigenvalue weighted by atomic mass is 10.2. The van der Waals surface area contributed by atoms with Crippen LogP contribution in [0.2, 0.25) is 0 Å². The molecule has 1 aliphatic rings. The molecule has 0 aliphatic carbocycles. The van der Waals surface area contributed by atoms with Crippen LogP contribution >= 0.6 is 0 Å². The van der Waals surface area contributed by atoms with E-state index in [4.69, 9.17) is 10.5 Å². The van der Waals surface area contributed by atoms with E-state index < -0.39 is 0 Å². The summed E-state index contributed by atoms with van der Waals surface area (Å²) in [6.07, 6.45) is 0.885. The maximum absolute atomic E-state index is 11.8. The second kappa shape index (κ2) is 5.19. The number of nitrogens with zero attached hydrogens (tertiary/aromatic N) is 1. The molecule has 4 heteroatoms. The van der Waals surface area contributed by atoms with Crippen LogP contribution in [0.5, 0.6) is 5.75 Å². The molecule has 1 saturated heterocycles. The first kappa shape index (κ1) is 11.9. The quantitative estimate of drug-likeness (QED) is 0.846. The summed E-state index contributed by atoms with van der Waals surface area (Å²) in [4.78, 5) is 13.5. The first-order valence-corrected chi connectivity index (χ1v) is 5.88. The second-order valence-corrected chi connectivity index (χ2v) is 4.49. The van der Waals surface area contributed by atoms with Gasteiger partial charge in [-0.05, 0) is 25.5 Å². The number of carbonyl (C=O) groups excluding carboxylic acids is 1. The van der Waals surface area contributed by atoms with Crippen LogP contribution in [0.3, 0.4) is 0 Å². The van der Waals surface area contributed by atoms with Gasteiger partial charge in [0.2, 0.25) is 0 Å². The summed E-state index contributed by atoms with van der Waals surface area (Å²) in [5, 5.41) is 0. The number of aryl methyl sites for hydroxylation is 1. The van der Waals surface area contributed by atoms with E-state index in [-0.39, 0.29) is 18.6 Å². The van der Waals surface area contributed by atoms with Gasteiger partial charge in [0.25, 0.3) is 5.91 Å². The van der Waals surface area contributed by atoms with Gasteiger partial charge in [-0.15, -0.1) is 0 Å². The van der Waals surface area contributed by atoms with Gasteiger partial charge in [0.15, 0.2) is 6.61 Å². The largest absolute Gasteiger partial charge is 0.484 e. The smallest absolute Gasteiger partial charge is 0.260 e. The van der Waals surface area contributed by atoms with Crippen molar-refractivity contribution in [1.82, 2.24) is 4.90 Å². The Kier molecular flexibility index (Phi) is 3.64. The molecule has 0 unspecified atom stereocenters. The number of carbonyl (C=O) groups is 1. The third-order valence-corrected chi connectivity index (χ3v) is 2.96. The zero-order chi connectivity index (χ0) is 12.3. The Bertz CT molecular complexity index is 389.